The van der Waals surface area contributed by atoms with Crippen LogP contribution in [0.4, 0.5) is 5.69 Å². The highest BCUT2D eigenvalue weighted by Crippen LogP contribution is 2.28. The molecule has 0 spiro atoms. The van der Waals surface area contributed by atoms with Crippen LogP contribution in [0.15, 0.2) is 47.8 Å². The lowest BCUT2D eigenvalue weighted by atomic mass is 10.1. The largest absolute Gasteiger partial charge is 0.489 e. The maximum absolute atomic E-state index is 5.90. The third-order valence-electron chi connectivity index (χ3n) is 3.27. The van der Waals surface area contributed by atoms with E-state index in [0.717, 1.165) is 17.0 Å². The number of fused-ring (bicyclic) bond motifs is 1. The van der Waals surface area contributed by atoms with Crippen LogP contribution in [-0.4, -0.2) is 0 Å². The Kier molecular flexibility index (Phi) is 3.13. The number of nitrogen functional groups attached to an aromatic ring is 1. The van der Waals surface area contributed by atoms with Crippen molar-refractivity contribution in [3.05, 3.63) is 59.0 Å². The predicted octanol–water partition coefficient (Wildman–Crippen LogP) is 4.37. The van der Waals surface area contributed by atoms with Gasteiger partial charge in [-0.1, -0.05) is 24.3 Å². The molecule has 0 bridgehead atoms. The number of nitrogens with two attached hydrogens (primary N) is 1. The molecule has 0 aliphatic carbocycles. The summed E-state index contributed by atoms with van der Waals surface area (Å²) in [4.78, 5) is 0. The van der Waals surface area contributed by atoms with Crippen molar-refractivity contribution in [3.8, 4) is 5.75 Å². The Hall–Kier alpha value is -2.00. The third-order valence-corrected chi connectivity index (χ3v) is 4.28. The zero-order valence-electron chi connectivity index (χ0n) is 10.7. The molecular formula is C16H15NOS. The topological polar surface area (TPSA) is 35.2 Å². The monoisotopic (exact) mass is 269 g/mol. The fourth-order valence-electron chi connectivity index (χ4n) is 2.09. The second-order valence-corrected chi connectivity index (χ2v) is 5.43. The molecule has 3 aromatic rings. The van der Waals surface area contributed by atoms with E-state index in [2.05, 4.69) is 29.6 Å². The van der Waals surface area contributed by atoms with Gasteiger partial charge in [-0.3, -0.25) is 0 Å². The first-order chi connectivity index (χ1) is 9.25. The standard InChI is InChI=1S/C16H15NOS/c1-11-14(17)6-4-7-15(11)18-9-12-10-19-16-8-3-2-5-13(12)16/h2-8,10H,9,17H2,1H3. The Morgan fingerprint density at radius 2 is 1.95 bits per heavy atom. The summed E-state index contributed by atoms with van der Waals surface area (Å²) in [6, 6.07) is 14.2. The Labute approximate surface area is 116 Å². The zero-order valence-corrected chi connectivity index (χ0v) is 11.5. The van der Waals surface area contributed by atoms with Gasteiger partial charge in [0.15, 0.2) is 0 Å². The molecule has 2 N–H and O–H groups in total. The van der Waals surface area contributed by atoms with Crippen LogP contribution in [0.2, 0.25) is 0 Å². The molecule has 1 aromatic heterocycles. The average molecular weight is 269 g/mol. The van der Waals surface area contributed by atoms with Crippen molar-refractivity contribution < 1.29 is 4.74 Å². The second-order valence-electron chi connectivity index (χ2n) is 4.52. The first kappa shape index (κ1) is 12.1. The van der Waals surface area contributed by atoms with Crippen molar-refractivity contribution in [2.45, 2.75) is 13.5 Å². The molecule has 2 nitrogen and oxygen atoms in total. The Bertz CT molecular complexity index is 718. The normalized spacial score (nSPS) is 10.8. The molecule has 96 valence electrons. The van der Waals surface area contributed by atoms with E-state index >= 15 is 0 Å². The van der Waals surface area contributed by atoms with E-state index in [1.165, 1.54) is 15.6 Å². The summed E-state index contributed by atoms with van der Waals surface area (Å²) in [7, 11) is 0. The molecule has 3 rings (SSSR count). The maximum atomic E-state index is 5.90. The van der Waals surface area contributed by atoms with Crippen LogP contribution in [0.3, 0.4) is 0 Å². The molecule has 0 radical (unpaired) electrons. The quantitative estimate of drug-likeness (QED) is 0.716. The molecule has 19 heavy (non-hydrogen) atoms. The molecular weight excluding hydrogens is 254 g/mol. The van der Waals surface area contributed by atoms with Crippen LogP contribution in [0, 0.1) is 6.92 Å². The van der Waals surface area contributed by atoms with Gasteiger partial charge in [-0.15, -0.1) is 11.3 Å². The van der Waals surface area contributed by atoms with E-state index in [9.17, 15) is 0 Å². The van der Waals surface area contributed by atoms with Gasteiger partial charge in [0.05, 0.1) is 0 Å². The second kappa shape index (κ2) is 4.94. The molecule has 0 aliphatic heterocycles. The summed E-state index contributed by atoms with van der Waals surface area (Å²) in [5.74, 6) is 0.857. The van der Waals surface area contributed by atoms with Gasteiger partial charge in [-0.25, -0.2) is 0 Å². The highest BCUT2D eigenvalue weighted by atomic mass is 32.1. The lowest BCUT2D eigenvalue weighted by Crippen LogP contribution is -1.98. The van der Waals surface area contributed by atoms with Gasteiger partial charge in [0, 0.05) is 21.5 Å². The van der Waals surface area contributed by atoms with Gasteiger partial charge < -0.3 is 10.5 Å². The Morgan fingerprint density at radius 1 is 1.11 bits per heavy atom. The number of anilines is 1. The van der Waals surface area contributed by atoms with E-state index < -0.39 is 0 Å². The van der Waals surface area contributed by atoms with Crippen molar-refractivity contribution in [1.82, 2.24) is 0 Å². The first-order valence-corrected chi connectivity index (χ1v) is 7.06. The minimum absolute atomic E-state index is 0.578. The number of rotatable bonds is 3. The van der Waals surface area contributed by atoms with Crippen molar-refractivity contribution in [2.24, 2.45) is 0 Å². The van der Waals surface area contributed by atoms with Crippen LogP contribution >= 0.6 is 11.3 Å². The van der Waals surface area contributed by atoms with E-state index in [4.69, 9.17) is 10.5 Å². The number of ether oxygens (including phenoxy) is 1. The van der Waals surface area contributed by atoms with Gasteiger partial charge in [0.2, 0.25) is 0 Å². The van der Waals surface area contributed by atoms with Crippen molar-refractivity contribution >= 4 is 27.1 Å². The fraction of sp³-hybridized carbons (Fsp3) is 0.125. The molecule has 1 heterocycles. The summed E-state index contributed by atoms with van der Waals surface area (Å²) in [5, 5.41) is 3.43. The minimum atomic E-state index is 0.578. The zero-order chi connectivity index (χ0) is 13.2. The Balaban J connectivity index is 1.84. The summed E-state index contributed by atoms with van der Waals surface area (Å²) < 4.78 is 7.19. The highest BCUT2D eigenvalue weighted by molar-refractivity contribution is 7.17. The molecule has 0 amide bonds. The predicted molar refractivity (Wildman–Crippen MR) is 81.7 cm³/mol. The number of hydrogen-bond acceptors (Lipinski definition) is 3. The average Bonchev–Trinajstić information content (AvgIpc) is 2.84. The molecule has 0 saturated heterocycles. The van der Waals surface area contributed by atoms with E-state index in [1.54, 1.807) is 11.3 Å². The van der Waals surface area contributed by atoms with Gasteiger partial charge >= 0.3 is 0 Å². The molecule has 0 unspecified atom stereocenters. The lowest BCUT2D eigenvalue weighted by molar-refractivity contribution is 0.306. The van der Waals surface area contributed by atoms with Gasteiger partial charge in [0.25, 0.3) is 0 Å². The Morgan fingerprint density at radius 3 is 2.84 bits per heavy atom. The van der Waals surface area contributed by atoms with Gasteiger partial charge in [0.1, 0.15) is 12.4 Å². The molecule has 0 aliphatic rings. The number of hydrogen-bond donors (Lipinski definition) is 1. The van der Waals surface area contributed by atoms with Crippen LogP contribution in [0.1, 0.15) is 11.1 Å². The number of benzene rings is 2. The smallest absolute Gasteiger partial charge is 0.124 e. The summed E-state index contributed by atoms with van der Waals surface area (Å²) in [6.07, 6.45) is 0. The van der Waals surface area contributed by atoms with Crippen molar-refractivity contribution in [3.63, 3.8) is 0 Å². The molecule has 0 saturated carbocycles. The summed E-state index contributed by atoms with van der Waals surface area (Å²) in [6.45, 7) is 2.56. The lowest BCUT2D eigenvalue weighted by Gasteiger charge is -2.10. The van der Waals surface area contributed by atoms with Crippen LogP contribution in [0.5, 0.6) is 5.75 Å². The van der Waals surface area contributed by atoms with E-state index in [0.29, 0.717) is 6.61 Å². The fourth-order valence-corrected chi connectivity index (χ4v) is 3.04. The highest BCUT2D eigenvalue weighted by Gasteiger charge is 2.06. The van der Waals surface area contributed by atoms with Crippen LogP contribution in [-0.2, 0) is 6.61 Å². The van der Waals surface area contributed by atoms with Gasteiger partial charge in [-0.05, 0) is 35.9 Å². The molecule has 2 aromatic carbocycles. The van der Waals surface area contributed by atoms with Gasteiger partial charge in [-0.2, -0.15) is 0 Å². The van der Waals surface area contributed by atoms with Crippen molar-refractivity contribution in [1.29, 1.82) is 0 Å². The van der Waals surface area contributed by atoms with E-state index in [1.807, 2.05) is 25.1 Å². The van der Waals surface area contributed by atoms with E-state index in [-0.39, 0.29) is 0 Å². The molecule has 0 atom stereocenters. The number of thiophene rings is 1. The minimum Gasteiger partial charge on any atom is -0.489 e. The van der Waals surface area contributed by atoms with Crippen LogP contribution in [0.25, 0.3) is 10.1 Å². The van der Waals surface area contributed by atoms with Crippen LogP contribution < -0.4 is 10.5 Å². The first-order valence-electron chi connectivity index (χ1n) is 6.18. The summed E-state index contributed by atoms with van der Waals surface area (Å²) in [5.41, 5.74) is 8.88. The molecule has 0 fully saturated rings. The summed E-state index contributed by atoms with van der Waals surface area (Å²) >= 11 is 1.75. The maximum Gasteiger partial charge on any atom is 0.124 e. The third kappa shape index (κ3) is 2.29. The SMILES string of the molecule is Cc1c(N)cccc1OCc1csc2ccccc12. The molecule has 3 heteroatoms. The van der Waals surface area contributed by atoms with Crippen molar-refractivity contribution in [2.75, 3.05) is 5.73 Å².